The summed E-state index contributed by atoms with van der Waals surface area (Å²) in [6.45, 7) is 0.191. The molecule has 1 unspecified atom stereocenters. The molecule has 0 saturated carbocycles. The molecule has 5 nitrogen and oxygen atoms in total. The summed E-state index contributed by atoms with van der Waals surface area (Å²) in [6, 6.07) is 17.0. The van der Waals surface area contributed by atoms with Crippen LogP contribution in [0.15, 0.2) is 59.5 Å². The number of nitrogens with zero attached hydrogens (tertiary/aromatic N) is 4. The molecule has 0 bridgehead atoms. The lowest BCUT2D eigenvalue weighted by molar-refractivity contribution is 0.633. The second-order valence-corrected chi connectivity index (χ2v) is 7.90. The molecule has 1 atom stereocenters. The minimum atomic E-state index is -0.764. The first kappa shape index (κ1) is 18.6. The van der Waals surface area contributed by atoms with Crippen molar-refractivity contribution in [2.75, 3.05) is 0 Å². The Kier molecular flexibility index (Phi) is 5.14. The average molecular weight is 427 g/mol. The average Bonchev–Trinajstić information content (AvgIpc) is 3.13. The van der Waals surface area contributed by atoms with E-state index >= 15 is 0 Å². The fourth-order valence-electron chi connectivity index (χ4n) is 2.85. The summed E-state index contributed by atoms with van der Waals surface area (Å²) in [6.07, 6.45) is 1.46. The van der Waals surface area contributed by atoms with E-state index in [-0.39, 0.29) is 11.6 Å². The van der Waals surface area contributed by atoms with Gasteiger partial charge in [-0.25, -0.2) is 9.67 Å². The van der Waals surface area contributed by atoms with Crippen LogP contribution in [0, 0.1) is 11.3 Å². The maximum absolute atomic E-state index is 12.7. The Labute approximate surface area is 174 Å². The Balaban J connectivity index is 1.73. The van der Waals surface area contributed by atoms with Gasteiger partial charge in [-0.2, -0.15) is 10.4 Å². The Morgan fingerprint density at radius 1 is 1.14 bits per heavy atom. The lowest BCUT2D eigenvalue weighted by Crippen LogP contribution is -2.25. The summed E-state index contributed by atoms with van der Waals surface area (Å²) < 4.78 is 2.20. The highest BCUT2D eigenvalue weighted by atomic mass is 35.5. The lowest BCUT2D eigenvalue weighted by Gasteiger charge is -2.11. The Hall–Kier alpha value is -2.72. The highest BCUT2D eigenvalue weighted by Gasteiger charge is 2.23. The number of hydrogen-bond acceptors (Lipinski definition) is 5. The Morgan fingerprint density at radius 3 is 2.64 bits per heavy atom. The van der Waals surface area contributed by atoms with Crippen LogP contribution in [0.5, 0.6) is 0 Å². The zero-order chi connectivity index (χ0) is 19.7. The molecule has 8 heteroatoms. The van der Waals surface area contributed by atoms with Gasteiger partial charge in [0.1, 0.15) is 15.9 Å². The number of halogens is 2. The van der Waals surface area contributed by atoms with E-state index in [0.29, 0.717) is 15.6 Å². The first-order valence-electron chi connectivity index (χ1n) is 8.32. The number of thiazole rings is 1. The zero-order valence-electron chi connectivity index (χ0n) is 14.3. The zero-order valence-corrected chi connectivity index (χ0v) is 16.7. The minimum Gasteiger partial charge on any atom is -0.266 e. The first-order chi connectivity index (χ1) is 13.6. The van der Waals surface area contributed by atoms with E-state index in [0.717, 1.165) is 15.8 Å². The molecule has 0 aliphatic heterocycles. The van der Waals surface area contributed by atoms with Crippen LogP contribution < -0.4 is 5.56 Å². The van der Waals surface area contributed by atoms with E-state index < -0.39 is 11.5 Å². The van der Waals surface area contributed by atoms with Crippen LogP contribution in [0.25, 0.3) is 10.2 Å². The predicted molar refractivity (Wildman–Crippen MR) is 111 cm³/mol. The lowest BCUT2D eigenvalue weighted by atomic mass is 10.0. The van der Waals surface area contributed by atoms with Crippen molar-refractivity contribution in [3.63, 3.8) is 0 Å². The van der Waals surface area contributed by atoms with Gasteiger partial charge in [-0.05, 0) is 23.8 Å². The highest BCUT2D eigenvalue weighted by molar-refractivity contribution is 7.18. The van der Waals surface area contributed by atoms with Gasteiger partial charge in [0.25, 0.3) is 5.56 Å². The van der Waals surface area contributed by atoms with Crippen LogP contribution in [0.1, 0.15) is 22.1 Å². The molecule has 0 N–H and O–H groups in total. The standard InChI is InChI=1S/C20H12Cl2N4OS/c21-15-6-2-1-5-12(15)11-26-20(27)18(22)14(10-24-26)13(9-23)19-25-16-7-3-4-8-17(16)28-19/h1-8,10,13H,11H2. The molecule has 0 fully saturated rings. The van der Waals surface area contributed by atoms with Gasteiger partial charge in [-0.3, -0.25) is 4.79 Å². The van der Waals surface area contributed by atoms with Crippen molar-refractivity contribution in [2.24, 2.45) is 0 Å². The largest absolute Gasteiger partial charge is 0.286 e. The first-order valence-corrected chi connectivity index (χ1v) is 9.89. The fraction of sp³-hybridized carbons (Fsp3) is 0.100. The van der Waals surface area contributed by atoms with E-state index in [4.69, 9.17) is 23.2 Å². The summed E-state index contributed by atoms with van der Waals surface area (Å²) in [7, 11) is 0. The van der Waals surface area contributed by atoms with Crippen LogP contribution in [-0.2, 0) is 6.54 Å². The van der Waals surface area contributed by atoms with E-state index in [1.807, 2.05) is 42.5 Å². The third-order valence-corrected chi connectivity index (χ3v) is 6.14. The van der Waals surface area contributed by atoms with Gasteiger partial charge in [0.15, 0.2) is 0 Å². The summed E-state index contributed by atoms with van der Waals surface area (Å²) in [5, 5.41) is 15.0. The quantitative estimate of drug-likeness (QED) is 0.466. The fourth-order valence-corrected chi connectivity index (χ4v) is 4.33. The van der Waals surface area contributed by atoms with Gasteiger partial charge < -0.3 is 0 Å². The van der Waals surface area contributed by atoms with E-state index in [1.54, 1.807) is 6.07 Å². The van der Waals surface area contributed by atoms with Crippen LogP contribution in [-0.4, -0.2) is 14.8 Å². The molecule has 138 valence electrons. The molecule has 0 aliphatic rings. The molecule has 2 heterocycles. The molecular formula is C20H12Cl2N4OS. The second-order valence-electron chi connectivity index (χ2n) is 6.05. The summed E-state index contributed by atoms with van der Waals surface area (Å²) in [4.78, 5) is 17.2. The maximum atomic E-state index is 12.7. The van der Waals surface area contributed by atoms with Crippen molar-refractivity contribution >= 4 is 44.8 Å². The number of benzene rings is 2. The number of hydrogen-bond donors (Lipinski definition) is 0. The van der Waals surface area contributed by atoms with Crippen molar-refractivity contribution in [2.45, 2.75) is 12.5 Å². The van der Waals surface area contributed by atoms with Gasteiger partial charge in [0.05, 0.1) is 29.0 Å². The Morgan fingerprint density at radius 2 is 1.89 bits per heavy atom. The Bertz CT molecular complexity index is 1240. The molecule has 0 aliphatic carbocycles. The van der Waals surface area contributed by atoms with Crippen molar-refractivity contribution in [1.29, 1.82) is 5.26 Å². The van der Waals surface area contributed by atoms with E-state index in [1.165, 1.54) is 22.2 Å². The molecular weight excluding hydrogens is 415 g/mol. The molecule has 28 heavy (non-hydrogen) atoms. The summed E-state index contributed by atoms with van der Waals surface area (Å²) in [5.41, 5.74) is 1.44. The van der Waals surface area contributed by atoms with Crippen molar-refractivity contribution in [3.05, 3.63) is 91.3 Å². The number of nitriles is 1. The van der Waals surface area contributed by atoms with Crippen molar-refractivity contribution < 1.29 is 0 Å². The second kappa shape index (κ2) is 7.72. The monoisotopic (exact) mass is 426 g/mol. The number of fused-ring (bicyclic) bond motifs is 1. The van der Waals surface area contributed by atoms with Crippen molar-refractivity contribution in [1.82, 2.24) is 14.8 Å². The van der Waals surface area contributed by atoms with Gasteiger partial charge >= 0.3 is 0 Å². The van der Waals surface area contributed by atoms with Gasteiger partial charge in [-0.1, -0.05) is 53.5 Å². The van der Waals surface area contributed by atoms with Gasteiger partial charge in [0, 0.05) is 10.6 Å². The van der Waals surface area contributed by atoms with Crippen LogP contribution in [0.4, 0.5) is 0 Å². The smallest absolute Gasteiger partial charge is 0.266 e. The minimum absolute atomic E-state index is 0.0344. The van der Waals surface area contributed by atoms with Crippen LogP contribution in [0.2, 0.25) is 10.0 Å². The number of rotatable bonds is 4. The molecule has 2 aromatic heterocycles. The molecule has 4 aromatic rings. The topological polar surface area (TPSA) is 71.6 Å². The summed E-state index contributed by atoms with van der Waals surface area (Å²) in [5.74, 6) is -0.764. The van der Waals surface area contributed by atoms with E-state index in [2.05, 4.69) is 16.2 Å². The molecule has 4 rings (SSSR count). The molecule has 0 saturated heterocycles. The highest BCUT2D eigenvalue weighted by Crippen LogP contribution is 2.33. The van der Waals surface area contributed by atoms with E-state index in [9.17, 15) is 10.1 Å². The number of para-hydroxylation sites is 1. The van der Waals surface area contributed by atoms with Gasteiger partial charge in [0.2, 0.25) is 0 Å². The van der Waals surface area contributed by atoms with Gasteiger partial charge in [-0.15, -0.1) is 11.3 Å². The molecule has 2 aromatic carbocycles. The van der Waals surface area contributed by atoms with Crippen LogP contribution in [0.3, 0.4) is 0 Å². The normalized spacial score (nSPS) is 12.0. The maximum Gasteiger partial charge on any atom is 0.286 e. The van der Waals surface area contributed by atoms with Crippen molar-refractivity contribution in [3.8, 4) is 6.07 Å². The van der Waals surface area contributed by atoms with Crippen LogP contribution >= 0.6 is 34.5 Å². The third-order valence-electron chi connectivity index (χ3n) is 4.29. The summed E-state index contributed by atoms with van der Waals surface area (Å²) >= 11 is 13.9. The predicted octanol–water partition coefficient (Wildman–Crippen LogP) is 4.86. The SMILES string of the molecule is N#CC(c1nc2ccccc2s1)c1cnn(Cc2ccccc2Cl)c(=O)c1Cl. The molecule has 0 spiro atoms. The third kappa shape index (κ3) is 3.40. The number of aromatic nitrogens is 3. The molecule has 0 radical (unpaired) electrons. The molecule has 0 amide bonds.